The van der Waals surface area contributed by atoms with Gasteiger partial charge in [-0.3, -0.25) is 4.79 Å². The Labute approximate surface area is 174 Å². The predicted molar refractivity (Wildman–Crippen MR) is 116 cm³/mol. The van der Waals surface area contributed by atoms with Crippen LogP contribution in [0.4, 0.5) is 9.52 Å². The van der Waals surface area contributed by atoms with E-state index in [4.69, 9.17) is 9.97 Å². The predicted octanol–water partition coefficient (Wildman–Crippen LogP) is 4.58. The number of benzene rings is 1. The van der Waals surface area contributed by atoms with E-state index in [-0.39, 0.29) is 17.6 Å². The van der Waals surface area contributed by atoms with Crippen LogP contribution in [-0.4, -0.2) is 47.0 Å². The zero-order valence-electron chi connectivity index (χ0n) is 16.8. The Morgan fingerprint density at radius 2 is 1.79 bits per heavy atom. The van der Waals surface area contributed by atoms with Crippen molar-refractivity contribution in [2.75, 3.05) is 31.1 Å². The molecule has 5 nitrogen and oxygen atoms in total. The standard InChI is InChI=1S/C22H25FN4OS/c1-3-26(4-2)21(28)16-11-13-27(14-12-16)22-25-19-10-9-18(24-20(19)29-22)15-5-7-17(23)8-6-15/h5-10,16H,3-4,11-14H2,1-2H3. The zero-order chi connectivity index (χ0) is 20.4. The minimum atomic E-state index is -0.252. The summed E-state index contributed by atoms with van der Waals surface area (Å²) in [5.41, 5.74) is 2.58. The van der Waals surface area contributed by atoms with Gasteiger partial charge in [-0.25, -0.2) is 14.4 Å². The number of halogens is 1. The number of anilines is 1. The van der Waals surface area contributed by atoms with Gasteiger partial charge < -0.3 is 9.80 Å². The number of piperidine rings is 1. The van der Waals surface area contributed by atoms with Crippen molar-refractivity contribution in [2.45, 2.75) is 26.7 Å². The molecule has 0 N–H and O–H groups in total. The first-order valence-corrected chi connectivity index (χ1v) is 11.0. The first-order chi connectivity index (χ1) is 14.1. The summed E-state index contributed by atoms with van der Waals surface area (Å²) in [6, 6.07) is 10.3. The molecule has 0 bridgehead atoms. The fourth-order valence-electron chi connectivity index (χ4n) is 3.83. The summed E-state index contributed by atoms with van der Waals surface area (Å²) in [4.78, 5) is 27.1. The Morgan fingerprint density at radius 3 is 2.45 bits per heavy atom. The Hall–Kier alpha value is -2.54. The molecule has 0 unspecified atom stereocenters. The number of fused-ring (bicyclic) bond motifs is 1. The SMILES string of the molecule is CCN(CC)C(=O)C1CCN(c2nc3ccc(-c4ccc(F)cc4)nc3s2)CC1. The molecular weight excluding hydrogens is 387 g/mol. The fourth-order valence-corrected chi connectivity index (χ4v) is 4.82. The number of aromatic nitrogens is 2. The molecule has 0 atom stereocenters. The van der Waals surface area contributed by atoms with Gasteiger partial charge in [0, 0.05) is 37.7 Å². The summed E-state index contributed by atoms with van der Waals surface area (Å²) < 4.78 is 13.2. The van der Waals surface area contributed by atoms with Gasteiger partial charge in [-0.1, -0.05) is 11.3 Å². The zero-order valence-corrected chi connectivity index (χ0v) is 17.6. The molecule has 0 aliphatic carbocycles. The molecule has 0 spiro atoms. The third kappa shape index (κ3) is 4.10. The minimum absolute atomic E-state index is 0.115. The maximum absolute atomic E-state index is 13.2. The molecule has 1 aliphatic rings. The van der Waals surface area contributed by atoms with Crippen LogP contribution in [0.2, 0.25) is 0 Å². The fraction of sp³-hybridized carbons (Fsp3) is 0.409. The number of nitrogens with zero attached hydrogens (tertiary/aromatic N) is 4. The molecule has 0 radical (unpaired) electrons. The number of amides is 1. The number of thiazole rings is 1. The second-order valence-corrected chi connectivity index (χ2v) is 8.25. The lowest BCUT2D eigenvalue weighted by Crippen LogP contribution is -2.42. The molecule has 29 heavy (non-hydrogen) atoms. The second-order valence-electron chi connectivity index (χ2n) is 7.30. The van der Waals surface area contributed by atoms with Crippen LogP contribution in [0, 0.1) is 11.7 Å². The Bertz CT molecular complexity index is 992. The maximum atomic E-state index is 13.2. The number of carbonyl (C=O) groups excluding carboxylic acids is 1. The van der Waals surface area contributed by atoms with Crippen molar-refractivity contribution in [3.05, 3.63) is 42.2 Å². The molecule has 3 heterocycles. The van der Waals surface area contributed by atoms with Crippen LogP contribution in [0.3, 0.4) is 0 Å². The summed E-state index contributed by atoms with van der Waals surface area (Å²) in [5, 5.41) is 0.956. The van der Waals surface area contributed by atoms with Crippen molar-refractivity contribution in [3.8, 4) is 11.3 Å². The van der Waals surface area contributed by atoms with Gasteiger partial charge in [0.15, 0.2) is 5.13 Å². The van der Waals surface area contributed by atoms with E-state index in [2.05, 4.69) is 4.90 Å². The van der Waals surface area contributed by atoms with E-state index in [1.807, 2.05) is 30.9 Å². The summed E-state index contributed by atoms with van der Waals surface area (Å²) in [6.07, 6.45) is 1.72. The normalized spacial score (nSPS) is 15.1. The van der Waals surface area contributed by atoms with E-state index in [1.54, 1.807) is 23.5 Å². The maximum Gasteiger partial charge on any atom is 0.225 e. The first kappa shape index (κ1) is 19.8. The molecule has 7 heteroatoms. The quantitative estimate of drug-likeness (QED) is 0.615. The number of hydrogen-bond acceptors (Lipinski definition) is 5. The average molecular weight is 413 g/mol. The molecule has 1 amide bonds. The van der Waals surface area contributed by atoms with Crippen molar-refractivity contribution in [2.24, 2.45) is 5.92 Å². The summed E-state index contributed by atoms with van der Waals surface area (Å²) in [5.74, 6) is 0.145. The first-order valence-electron chi connectivity index (χ1n) is 10.2. The van der Waals surface area contributed by atoms with Crippen LogP contribution in [0.5, 0.6) is 0 Å². The van der Waals surface area contributed by atoms with Crippen molar-refractivity contribution in [3.63, 3.8) is 0 Å². The lowest BCUT2D eigenvalue weighted by atomic mass is 9.95. The van der Waals surface area contributed by atoms with Gasteiger partial charge in [-0.15, -0.1) is 0 Å². The third-order valence-corrected chi connectivity index (χ3v) is 6.60. The number of rotatable bonds is 5. The number of pyridine rings is 1. The van der Waals surface area contributed by atoms with Crippen LogP contribution in [-0.2, 0) is 4.79 Å². The van der Waals surface area contributed by atoms with Gasteiger partial charge in [0.05, 0.1) is 5.69 Å². The van der Waals surface area contributed by atoms with Crippen molar-refractivity contribution in [1.29, 1.82) is 0 Å². The van der Waals surface area contributed by atoms with Gasteiger partial charge in [-0.05, 0) is 63.1 Å². The van der Waals surface area contributed by atoms with Gasteiger partial charge in [0.1, 0.15) is 16.2 Å². The lowest BCUT2D eigenvalue weighted by Gasteiger charge is -2.33. The molecule has 152 valence electrons. The van der Waals surface area contributed by atoms with E-state index in [0.29, 0.717) is 0 Å². The molecule has 2 aromatic heterocycles. The number of hydrogen-bond donors (Lipinski definition) is 0. The Kier molecular flexibility index (Phi) is 5.76. The van der Waals surface area contributed by atoms with Crippen molar-refractivity contribution in [1.82, 2.24) is 14.9 Å². The van der Waals surface area contributed by atoms with Crippen molar-refractivity contribution >= 4 is 32.7 Å². The average Bonchev–Trinajstić information content (AvgIpc) is 3.18. The Morgan fingerprint density at radius 1 is 1.10 bits per heavy atom. The van der Waals surface area contributed by atoms with Gasteiger partial charge in [0.2, 0.25) is 5.91 Å². The van der Waals surface area contributed by atoms with Crippen LogP contribution in [0.1, 0.15) is 26.7 Å². The van der Waals surface area contributed by atoms with E-state index < -0.39 is 0 Å². The molecule has 1 saturated heterocycles. The third-order valence-electron chi connectivity index (χ3n) is 5.57. The number of carbonyl (C=O) groups is 1. The highest BCUT2D eigenvalue weighted by Crippen LogP contribution is 2.32. The molecule has 1 aromatic carbocycles. The van der Waals surface area contributed by atoms with Crippen molar-refractivity contribution < 1.29 is 9.18 Å². The molecular formula is C22H25FN4OS. The van der Waals surface area contributed by atoms with Crippen LogP contribution < -0.4 is 4.90 Å². The van der Waals surface area contributed by atoms with E-state index >= 15 is 0 Å². The highest BCUT2D eigenvalue weighted by Gasteiger charge is 2.28. The highest BCUT2D eigenvalue weighted by molar-refractivity contribution is 7.21. The molecule has 4 rings (SSSR count). The van der Waals surface area contributed by atoms with Gasteiger partial charge in [-0.2, -0.15) is 0 Å². The van der Waals surface area contributed by atoms with Crippen LogP contribution >= 0.6 is 11.3 Å². The lowest BCUT2D eigenvalue weighted by molar-refractivity contribution is -0.135. The summed E-state index contributed by atoms with van der Waals surface area (Å²) in [6.45, 7) is 7.28. The monoisotopic (exact) mass is 412 g/mol. The molecule has 1 aliphatic heterocycles. The molecule has 3 aromatic rings. The second kappa shape index (κ2) is 8.45. The highest BCUT2D eigenvalue weighted by atomic mass is 32.1. The van der Waals surface area contributed by atoms with Gasteiger partial charge >= 0.3 is 0 Å². The summed E-state index contributed by atoms with van der Waals surface area (Å²) in [7, 11) is 0. The largest absolute Gasteiger partial charge is 0.348 e. The van der Waals surface area contributed by atoms with E-state index in [0.717, 1.165) is 65.8 Å². The van der Waals surface area contributed by atoms with E-state index in [1.165, 1.54) is 12.1 Å². The molecule has 0 saturated carbocycles. The van der Waals surface area contributed by atoms with E-state index in [9.17, 15) is 9.18 Å². The van der Waals surface area contributed by atoms with Crippen LogP contribution in [0.25, 0.3) is 21.6 Å². The minimum Gasteiger partial charge on any atom is -0.348 e. The summed E-state index contributed by atoms with van der Waals surface area (Å²) >= 11 is 1.58. The Balaban J connectivity index is 1.48. The van der Waals surface area contributed by atoms with Crippen LogP contribution in [0.15, 0.2) is 36.4 Å². The molecule has 1 fully saturated rings. The smallest absolute Gasteiger partial charge is 0.225 e. The van der Waals surface area contributed by atoms with Gasteiger partial charge in [0.25, 0.3) is 0 Å². The topological polar surface area (TPSA) is 49.3 Å².